The van der Waals surface area contributed by atoms with Gasteiger partial charge in [0.25, 0.3) is 0 Å². The molecule has 0 spiro atoms. The third-order valence-electron chi connectivity index (χ3n) is 3.27. The van der Waals surface area contributed by atoms with Gasteiger partial charge in [-0.2, -0.15) is 0 Å². The van der Waals surface area contributed by atoms with Crippen molar-refractivity contribution in [3.8, 4) is 0 Å². The smallest absolute Gasteiger partial charge is 0.150 e. The minimum absolute atomic E-state index is 0.570. The number of hydrogen-bond donors (Lipinski definition) is 0. The Morgan fingerprint density at radius 1 is 1.59 bits per heavy atom. The average molecular weight is 248 g/mol. The van der Waals surface area contributed by atoms with Crippen molar-refractivity contribution in [2.75, 3.05) is 6.54 Å². The summed E-state index contributed by atoms with van der Waals surface area (Å²) in [5, 5.41) is 6.10. The van der Waals surface area contributed by atoms with Crippen LogP contribution in [0.15, 0.2) is 28.1 Å². The Kier molecular flexibility index (Phi) is 2.99. The maximum absolute atomic E-state index is 5.30. The minimum atomic E-state index is 0.570. The van der Waals surface area contributed by atoms with Gasteiger partial charge in [0.05, 0.1) is 12.2 Å². The Bertz CT molecular complexity index is 477. The Labute approximate surface area is 105 Å². The highest BCUT2D eigenvalue weighted by Gasteiger charge is 2.27. The molecule has 0 N–H and O–H groups in total. The number of rotatable bonds is 3. The van der Waals surface area contributed by atoms with Gasteiger partial charge in [0.2, 0.25) is 0 Å². The van der Waals surface area contributed by atoms with E-state index in [4.69, 9.17) is 4.52 Å². The molecule has 0 aromatic carbocycles. The molecule has 4 heteroatoms. The molecule has 1 saturated heterocycles. The van der Waals surface area contributed by atoms with Crippen LogP contribution in [0, 0.1) is 6.92 Å². The number of aryl methyl sites for hydroxylation is 1. The quantitative estimate of drug-likeness (QED) is 0.834. The van der Waals surface area contributed by atoms with Crippen molar-refractivity contribution >= 4 is 11.3 Å². The summed E-state index contributed by atoms with van der Waals surface area (Å²) in [6.07, 6.45) is 2.53. The van der Waals surface area contributed by atoms with Gasteiger partial charge in [-0.05, 0) is 37.8 Å². The Morgan fingerprint density at radius 2 is 2.53 bits per heavy atom. The zero-order chi connectivity index (χ0) is 11.7. The lowest BCUT2D eigenvalue weighted by Crippen LogP contribution is -2.21. The summed E-state index contributed by atoms with van der Waals surface area (Å²) in [6.45, 7) is 4.00. The van der Waals surface area contributed by atoms with Gasteiger partial charge in [-0.1, -0.05) is 11.2 Å². The maximum Gasteiger partial charge on any atom is 0.150 e. The van der Waals surface area contributed by atoms with E-state index < -0.39 is 0 Å². The van der Waals surface area contributed by atoms with Crippen LogP contribution in [0.1, 0.15) is 35.2 Å². The maximum atomic E-state index is 5.30. The van der Waals surface area contributed by atoms with Crippen LogP contribution in [0.25, 0.3) is 0 Å². The van der Waals surface area contributed by atoms with Gasteiger partial charge < -0.3 is 4.52 Å². The van der Waals surface area contributed by atoms with Crippen molar-refractivity contribution in [3.05, 3.63) is 39.9 Å². The van der Waals surface area contributed by atoms with Gasteiger partial charge in [-0.15, -0.1) is 11.3 Å². The molecule has 2 aromatic rings. The van der Waals surface area contributed by atoms with E-state index in [1.165, 1.54) is 17.7 Å². The third kappa shape index (κ3) is 2.28. The van der Waals surface area contributed by atoms with Crippen molar-refractivity contribution in [2.24, 2.45) is 0 Å². The molecule has 3 rings (SSSR count). The fourth-order valence-electron chi connectivity index (χ4n) is 2.51. The van der Waals surface area contributed by atoms with Crippen LogP contribution in [-0.2, 0) is 6.54 Å². The number of hydrogen-bond acceptors (Lipinski definition) is 4. The first-order chi connectivity index (χ1) is 8.33. The largest absolute Gasteiger partial charge is 0.360 e. The molecule has 1 aliphatic heterocycles. The van der Waals surface area contributed by atoms with Crippen LogP contribution in [0.3, 0.4) is 0 Å². The summed E-state index contributed by atoms with van der Waals surface area (Å²) >= 11 is 1.85. The lowest BCUT2D eigenvalue weighted by atomic mass is 10.2. The number of aromatic nitrogens is 1. The van der Waals surface area contributed by atoms with Crippen molar-refractivity contribution in [1.29, 1.82) is 0 Å². The van der Waals surface area contributed by atoms with E-state index in [1.807, 2.05) is 24.3 Å². The molecule has 1 atom stereocenters. The number of likely N-dealkylation sites (tertiary alicyclic amines) is 1. The van der Waals surface area contributed by atoms with Crippen LogP contribution >= 0.6 is 11.3 Å². The topological polar surface area (TPSA) is 29.3 Å². The molecule has 0 amide bonds. The average Bonchev–Trinajstić information content (AvgIpc) is 3.00. The van der Waals surface area contributed by atoms with E-state index >= 15 is 0 Å². The van der Waals surface area contributed by atoms with E-state index in [-0.39, 0.29) is 0 Å². The molecule has 17 heavy (non-hydrogen) atoms. The summed E-state index contributed by atoms with van der Waals surface area (Å²) in [5.41, 5.74) is 0.965. The summed E-state index contributed by atoms with van der Waals surface area (Å²) in [4.78, 5) is 3.96. The summed E-state index contributed by atoms with van der Waals surface area (Å²) in [5.74, 6) is 0.978. The van der Waals surface area contributed by atoms with Gasteiger partial charge in [0, 0.05) is 17.0 Å². The molecule has 1 aliphatic rings. The highest BCUT2D eigenvalue weighted by atomic mass is 32.1. The van der Waals surface area contributed by atoms with Gasteiger partial charge >= 0.3 is 0 Å². The molecule has 0 aliphatic carbocycles. The fourth-order valence-corrected chi connectivity index (χ4v) is 3.40. The first kappa shape index (κ1) is 11.0. The zero-order valence-electron chi connectivity index (χ0n) is 9.93. The Balaban J connectivity index is 1.74. The van der Waals surface area contributed by atoms with Crippen LogP contribution in [0.2, 0.25) is 0 Å². The van der Waals surface area contributed by atoms with E-state index in [0.29, 0.717) is 6.04 Å². The van der Waals surface area contributed by atoms with Gasteiger partial charge in [-0.3, -0.25) is 4.90 Å². The van der Waals surface area contributed by atoms with Crippen molar-refractivity contribution < 1.29 is 4.52 Å². The molecule has 3 heterocycles. The van der Waals surface area contributed by atoms with Gasteiger partial charge in [0.15, 0.2) is 5.76 Å². The molecule has 1 unspecified atom stereocenters. The van der Waals surface area contributed by atoms with E-state index in [0.717, 1.165) is 24.5 Å². The molecule has 1 fully saturated rings. The normalized spacial score (nSPS) is 21.1. The molecule has 0 bridgehead atoms. The molecule has 3 nitrogen and oxygen atoms in total. The standard InChI is InChI=1S/C13H16N2OS/c1-10-8-11(16-14-10)9-15-6-2-4-12(15)13-5-3-7-17-13/h3,5,7-8,12H,2,4,6,9H2,1H3. The second-order valence-electron chi connectivity index (χ2n) is 4.58. The number of thiophene rings is 1. The van der Waals surface area contributed by atoms with Crippen LogP contribution < -0.4 is 0 Å². The molecule has 0 saturated carbocycles. The third-order valence-corrected chi connectivity index (χ3v) is 4.24. The molecule has 90 valence electrons. The van der Waals surface area contributed by atoms with Crippen molar-refractivity contribution in [3.63, 3.8) is 0 Å². The first-order valence-electron chi connectivity index (χ1n) is 6.02. The highest BCUT2D eigenvalue weighted by Crippen LogP contribution is 2.35. The predicted molar refractivity (Wildman–Crippen MR) is 67.9 cm³/mol. The Hall–Kier alpha value is -1.13. The lowest BCUT2D eigenvalue weighted by molar-refractivity contribution is 0.219. The molecule has 2 aromatic heterocycles. The Morgan fingerprint density at radius 3 is 3.24 bits per heavy atom. The number of nitrogens with zero attached hydrogens (tertiary/aromatic N) is 2. The van der Waals surface area contributed by atoms with E-state index in [2.05, 4.69) is 27.6 Å². The van der Waals surface area contributed by atoms with Crippen LogP contribution in [-0.4, -0.2) is 16.6 Å². The second kappa shape index (κ2) is 4.63. The fraction of sp³-hybridized carbons (Fsp3) is 0.462. The van der Waals surface area contributed by atoms with Crippen LogP contribution in [0.5, 0.6) is 0 Å². The van der Waals surface area contributed by atoms with E-state index in [9.17, 15) is 0 Å². The summed E-state index contributed by atoms with van der Waals surface area (Å²) in [6, 6.07) is 6.97. The predicted octanol–water partition coefficient (Wildman–Crippen LogP) is 3.38. The summed E-state index contributed by atoms with van der Waals surface area (Å²) in [7, 11) is 0. The van der Waals surface area contributed by atoms with Gasteiger partial charge in [0.1, 0.15) is 0 Å². The van der Waals surface area contributed by atoms with Crippen LogP contribution in [0.4, 0.5) is 0 Å². The van der Waals surface area contributed by atoms with Gasteiger partial charge in [-0.25, -0.2) is 0 Å². The SMILES string of the molecule is Cc1cc(CN2CCCC2c2cccs2)on1. The molecule has 0 radical (unpaired) electrons. The first-order valence-corrected chi connectivity index (χ1v) is 6.90. The van der Waals surface area contributed by atoms with E-state index in [1.54, 1.807) is 0 Å². The lowest BCUT2D eigenvalue weighted by Gasteiger charge is -2.21. The monoisotopic (exact) mass is 248 g/mol. The molecular formula is C13H16N2OS. The van der Waals surface area contributed by atoms with Crippen molar-refractivity contribution in [2.45, 2.75) is 32.4 Å². The second-order valence-corrected chi connectivity index (χ2v) is 5.56. The minimum Gasteiger partial charge on any atom is -0.360 e. The zero-order valence-corrected chi connectivity index (χ0v) is 10.7. The van der Waals surface area contributed by atoms with Crippen molar-refractivity contribution in [1.82, 2.24) is 10.1 Å². The molecular weight excluding hydrogens is 232 g/mol. The summed E-state index contributed by atoms with van der Waals surface area (Å²) < 4.78 is 5.30. The highest BCUT2D eigenvalue weighted by molar-refractivity contribution is 7.10.